The number of urea groups is 1. The van der Waals surface area contributed by atoms with Crippen molar-refractivity contribution in [1.82, 2.24) is 10.2 Å². The summed E-state index contributed by atoms with van der Waals surface area (Å²) in [6.45, 7) is 8.60. The van der Waals surface area contributed by atoms with E-state index in [1.165, 1.54) is 0 Å². The molecular formula is C16H30N2O3. The topological polar surface area (TPSA) is 69.6 Å². The maximum absolute atomic E-state index is 12.5. The maximum Gasteiger partial charge on any atom is 0.317 e. The second-order valence-electron chi connectivity index (χ2n) is 6.61. The van der Waals surface area contributed by atoms with E-state index in [9.17, 15) is 14.7 Å². The standard InChI is InChI=1S/C16H30N2O3/c1-5-6-7-11-18(12(2)3)15(21)17-13-9-8-10-16(13,4)14(19)20/h12-13H,5-11H2,1-4H3,(H,17,21)(H,19,20). The van der Waals surface area contributed by atoms with Crippen molar-refractivity contribution in [1.29, 1.82) is 0 Å². The van der Waals surface area contributed by atoms with Gasteiger partial charge >= 0.3 is 12.0 Å². The smallest absolute Gasteiger partial charge is 0.317 e. The van der Waals surface area contributed by atoms with Gasteiger partial charge in [-0.1, -0.05) is 26.2 Å². The Morgan fingerprint density at radius 3 is 2.57 bits per heavy atom. The molecule has 2 unspecified atom stereocenters. The third-order valence-corrected chi connectivity index (χ3v) is 4.63. The van der Waals surface area contributed by atoms with Crippen LogP contribution in [-0.2, 0) is 4.79 Å². The predicted molar refractivity (Wildman–Crippen MR) is 83.3 cm³/mol. The van der Waals surface area contributed by atoms with Gasteiger partial charge in [-0.15, -0.1) is 0 Å². The molecule has 2 amide bonds. The van der Waals surface area contributed by atoms with Gasteiger partial charge in [0, 0.05) is 18.6 Å². The molecule has 1 rings (SSSR count). The highest BCUT2D eigenvalue weighted by Gasteiger charge is 2.46. The Morgan fingerprint density at radius 2 is 2.05 bits per heavy atom. The van der Waals surface area contributed by atoms with Gasteiger partial charge in [0.25, 0.3) is 0 Å². The minimum Gasteiger partial charge on any atom is -0.481 e. The van der Waals surface area contributed by atoms with Crippen LogP contribution in [-0.4, -0.2) is 40.6 Å². The molecule has 5 nitrogen and oxygen atoms in total. The van der Waals surface area contributed by atoms with Crippen LogP contribution in [0.3, 0.4) is 0 Å². The Labute approximate surface area is 128 Å². The molecule has 2 N–H and O–H groups in total. The molecule has 21 heavy (non-hydrogen) atoms. The van der Waals surface area contributed by atoms with E-state index in [4.69, 9.17) is 0 Å². The van der Waals surface area contributed by atoms with Gasteiger partial charge in [-0.2, -0.15) is 0 Å². The summed E-state index contributed by atoms with van der Waals surface area (Å²) in [5, 5.41) is 12.4. The first-order valence-corrected chi connectivity index (χ1v) is 8.13. The zero-order valence-corrected chi connectivity index (χ0v) is 13.8. The van der Waals surface area contributed by atoms with Gasteiger partial charge in [-0.05, 0) is 40.0 Å². The summed E-state index contributed by atoms with van der Waals surface area (Å²) >= 11 is 0. The van der Waals surface area contributed by atoms with E-state index in [-0.39, 0.29) is 18.1 Å². The molecule has 0 radical (unpaired) electrons. The van der Waals surface area contributed by atoms with Crippen molar-refractivity contribution >= 4 is 12.0 Å². The van der Waals surface area contributed by atoms with Crippen LogP contribution in [0.25, 0.3) is 0 Å². The minimum absolute atomic E-state index is 0.124. The van der Waals surface area contributed by atoms with E-state index < -0.39 is 11.4 Å². The third kappa shape index (κ3) is 4.35. The second-order valence-corrected chi connectivity index (χ2v) is 6.61. The van der Waals surface area contributed by atoms with E-state index in [0.717, 1.165) is 38.6 Å². The van der Waals surface area contributed by atoms with Crippen LogP contribution in [0.5, 0.6) is 0 Å². The van der Waals surface area contributed by atoms with E-state index in [1.807, 2.05) is 18.7 Å². The van der Waals surface area contributed by atoms with Gasteiger partial charge in [-0.3, -0.25) is 4.79 Å². The number of carbonyl (C=O) groups is 2. The van der Waals surface area contributed by atoms with Crippen LogP contribution in [0, 0.1) is 5.41 Å². The molecule has 0 aromatic rings. The van der Waals surface area contributed by atoms with Crippen molar-refractivity contribution in [3.05, 3.63) is 0 Å². The largest absolute Gasteiger partial charge is 0.481 e. The first kappa shape index (κ1) is 17.8. The van der Waals surface area contributed by atoms with Gasteiger partial charge < -0.3 is 15.3 Å². The average molecular weight is 298 g/mol. The number of nitrogens with one attached hydrogen (secondary N) is 1. The van der Waals surface area contributed by atoms with Gasteiger partial charge in [0.05, 0.1) is 5.41 Å². The lowest BCUT2D eigenvalue weighted by atomic mass is 9.85. The van der Waals surface area contributed by atoms with Crippen molar-refractivity contribution in [2.45, 2.75) is 78.3 Å². The van der Waals surface area contributed by atoms with Crippen LogP contribution in [0.2, 0.25) is 0 Å². The monoisotopic (exact) mass is 298 g/mol. The Bertz CT molecular complexity index is 371. The van der Waals surface area contributed by atoms with E-state index >= 15 is 0 Å². The number of hydrogen-bond donors (Lipinski definition) is 2. The molecule has 1 saturated carbocycles. The zero-order valence-electron chi connectivity index (χ0n) is 13.8. The van der Waals surface area contributed by atoms with Crippen molar-refractivity contribution in [3.63, 3.8) is 0 Å². The molecule has 1 aliphatic rings. The van der Waals surface area contributed by atoms with Crippen LogP contribution < -0.4 is 5.32 Å². The molecule has 0 aromatic heterocycles. The number of unbranched alkanes of at least 4 members (excludes halogenated alkanes) is 2. The lowest BCUT2D eigenvalue weighted by Gasteiger charge is -2.32. The summed E-state index contributed by atoms with van der Waals surface area (Å²) < 4.78 is 0. The lowest BCUT2D eigenvalue weighted by Crippen LogP contribution is -2.53. The lowest BCUT2D eigenvalue weighted by molar-refractivity contribution is -0.148. The fraction of sp³-hybridized carbons (Fsp3) is 0.875. The summed E-state index contributed by atoms with van der Waals surface area (Å²) in [5.41, 5.74) is -0.832. The number of nitrogens with zero attached hydrogens (tertiary/aromatic N) is 1. The Kier molecular flexibility index (Phi) is 6.49. The number of amides is 2. The first-order valence-electron chi connectivity index (χ1n) is 8.13. The van der Waals surface area contributed by atoms with Crippen molar-refractivity contribution in [2.75, 3.05) is 6.54 Å². The van der Waals surface area contributed by atoms with E-state index in [0.29, 0.717) is 6.42 Å². The molecule has 1 fully saturated rings. The highest BCUT2D eigenvalue weighted by Crippen LogP contribution is 2.38. The summed E-state index contributed by atoms with van der Waals surface area (Å²) in [6, 6.07) is -0.269. The molecule has 0 aromatic carbocycles. The minimum atomic E-state index is -0.832. The highest BCUT2D eigenvalue weighted by molar-refractivity contribution is 5.79. The van der Waals surface area contributed by atoms with Gasteiger partial charge in [0.2, 0.25) is 0 Å². The molecule has 0 heterocycles. The molecule has 122 valence electrons. The maximum atomic E-state index is 12.5. The molecule has 0 aliphatic heterocycles. The second kappa shape index (κ2) is 7.66. The van der Waals surface area contributed by atoms with Crippen LogP contribution in [0.15, 0.2) is 0 Å². The van der Waals surface area contributed by atoms with Gasteiger partial charge in [-0.25, -0.2) is 4.79 Å². The number of rotatable bonds is 7. The Balaban J connectivity index is 2.66. The zero-order chi connectivity index (χ0) is 16.0. The highest BCUT2D eigenvalue weighted by atomic mass is 16.4. The summed E-state index contributed by atoms with van der Waals surface area (Å²) in [6.07, 6.45) is 5.44. The van der Waals surface area contributed by atoms with Gasteiger partial charge in [0.15, 0.2) is 0 Å². The quantitative estimate of drug-likeness (QED) is 0.709. The molecule has 1 aliphatic carbocycles. The van der Waals surface area contributed by atoms with Crippen LogP contribution in [0.4, 0.5) is 4.79 Å². The number of carboxylic acid groups (broad SMARTS) is 1. The average Bonchev–Trinajstić information content (AvgIpc) is 2.77. The Hall–Kier alpha value is -1.26. The third-order valence-electron chi connectivity index (χ3n) is 4.63. The predicted octanol–water partition coefficient (Wildman–Crippen LogP) is 3.24. The molecule has 0 spiro atoms. The normalized spacial score (nSPS) is 25.1. The summed E-state index contributed by atoms with van der Waals surface area (Å²) in [5.74, 6) is -0.813. The SMILES string of the molecule is CCCCCN(C(=O)NC1CCCC1(C)C(=O)O)C(C)C. The summed E-state index contributed by atoms with van der Waals surface area (Å²) in [7, 11) is 0. The van der Waals surface area contributed by atoms with Crippen LogP contribution in [0.1, 0.15) is 66.2 Å². The summed E-state index contributed by atoms with van der Waals surface area (Å²) in [4.78, 5) is 25.7. The first-order chi connectivity index (χ1) is 9.82. The number of aliphatic carboxylic acids is 1. The number of carbonyl (C=O) groups excluding carboxylic acids is 1. The van der Waals surface area contributed by atoms with E-state index in [1.54, 1.807) is 6.92 Å². The fourth-order valence-electron chi connectivity index (χ4n) is 3.01. The van der Waals surface area contributed by atoms with Crippen molar-refractivity contribution in [3.8, 4) is 0 Å². The van der Waals surface area contributed by atoms with Crippen molar-refractivity contribution in [2.24, 2.45) is 5.41 Å². The molecule has 0 saturated heterocycles. The van der Waals surface area contributed by atoms with E-state index in [2.05, 4.69) is 12.2 Å². The van der Waals surface area contributed by atoms with Crippen LogP contribution >= 0.6 is 0 Å². The number of carboxylic acids is 1. The fourth-order valence-corrected chi connectivity index (χ4v) is 3.01. The molecule has 2 atom stereocenters. The van der Waals surface area contributed by atoms with Gasteiger partial charge in [0.1, 0.15) is 0 Å². The number of hydrogen-bond acceptors (Lipinski definition) is 2. The Morgan fingerprint density at radius 1 is 1.38 bits per heavy atom. The van der Waals surface area contributed by atoms with Crippen molar-refractivity contribution < 1.29 is 14.7 Å². The molecule has 0 bridgehead atoms. The molecule has 5 heteroatoms. The molecular weight excluding hydrogens is 268 g/mol.